The highest BCUT2D eigenvalue weighted by Crippen LogP contribution is 2.15. The molecule has 0 saturated carbocycles. The van der Waals surface area contributed by atoms with Gasteiger partial charge in [0.2, 0.25) is 0 Å². The van der Waals surface area contributed by atoms with Crippen molar-refractivity contribution in [3.05, 3.63) is 107 Å². The van der Waals surface area contributed by atoms with E-state index in [-0.39, 0.29) is 6.54 Å². The van der Waals surface area contributed by atoms with Crippen LogP contribution in [0, 0.1) is 0 Å². The summed E-state index contributed by atoms with van der Waals surface area (Å²) < 4.78 is 11.7. The minimum absolute atomic E-state index is 0.207. The van der Waals surface area contributed by atoms with Crippen LogP contribution in [0.1, 0.15) is 11.1 Å². The van der Waals surface area contributed by atoms with Gasteiger partial charge in [0, 0.05) is 5.56 Å². The molecule has 0 aliphatic carbocycles. The van der Waals surface area contributed by atoms with Gasteiger partial charge < -0.3 is 9.15 Å². The summed E-state index contributed by atoms with van der Waals surface area (Å²) in [6.45, 7) is -0.207. The molecule has 7 heteroatoms. The number of oxazole rings is 1. The third-order valence-electron chi connectivity index (χ3n) is 4.77. The minimum Gasteiger partial charge on any atom is -0.497 e. The molecule has 0 unspecified atom stereocenters. The molecule has 0 atom stereocenters. The fourth-order valence-corrected chi connectivity index (χ4v) is 3.19. The van der Waals surface area contributed by atoms with Gasteiger partial charge in [0.15, 0.2) is 5.58 Å². The molecule has 0 aliphatic heterocycles. The van der Waals surface area contributed by atoms with Crippen molar-refractivity contribution in [2.45, 2.75) is 6.54 Å². The number of hydrogen-bond donors (Lipinski definition) is 1. The van der Waals surface area contributed by atoms with Crippen LogP contribution in [0.5, 0.6) is 5.75 Å². The van der Waals surface area contributed by atoms with Crippen molar-refractivity contribution in [1.82, 2.24) is 9.99 Å². The Balaban J connectivity index is 1.56. The zero-order valence-electron chi connectivity index (χ0n) is 17.4. The standard InChI is InChI=1S/C25H21N3O4/c1-31-20-11-7-8-18(16-20)14-15-21(19-9-3-2-4-10-19)26-27-24(29)17-28-22-12-5-6-13-23(22)32-25(28)30/h2-16H,17H2,1H3,(H,27,29)/b15-14+,26-21+. The fraction of sp³-hybridized carbons (Fsp3) is 0.0800. The van der Waals surface area contributed by atoms with E-state index < -0.39 is 11.7 Å². The first kappa shape index (κ1) is 20.9. The van der Waals surface area contributed by atoms with E-state index in [1.807, 2.05) is 66.7 Å². The van der Waals surface area contributed by atoms with Crippen molar-refractivity contribution in [1.29, 1.82) is 0 Å². The van der Waals surface area contributed by atoms with Gasteiger partial charge in [-0.15, -0.1) is 0 Å². The molecule has 0 saturated heterocycles. The van der Waals surface area contributed by atoms with E-state index in [1.54, 1.807) is 31.4 Å². The number of rotatable bonds is 7. The molecule has 0 aliphatic rings. The second kappa shape index (κ2) is 9.61. The normalized spacial score (nSPS) is 11.7. The number of nitrogens with one attached hydrogen (secondary N) is 1. The molecule has 1 aromatic heterocycles. The first-order valence-corrected chi connectivity index (χ1v) is 9.96. The monoisotopic (exact) mass is 427 g/mol. The molecular formula is C25H21N3O4. The first-order valence-electron chi connectivity index (χ1n) is 9.96. The summed E-state index contributed by atoms with van der Waals surface area (Å²) in [5, 5.41) is 4.29. The number of amides is 1. The van der Waals surface area contributed by atoms with Crippen LogP contribution in [0.3, 0.4) is 0 Å². The van der Waals surface area contributed by atoms with Gasteiger partial charge in [-0.2, -0.15) is 5.10 Å². The van der Waals surface area contributed by atoms with Gasteiger partial charge in [-0.25, -0.2) is 10.2 Å². The Labute approximate surface area is 184 Å². The molecular weight excluding hydrogens is 406 g/mol. The lowest BCUT2D eigenvalue weighted by Gasteiger charge is -2.05. The highest BCUT2D eigenvalue weighted by Gasteiger charge is 2.12. The number of hydrogen-bond acceptors (Lipinski definition) is 5. The molecule has 0 fully saturated rings. The maximum absolute atomic E-state index is 12.5. The summed E-state index contributed by atoms with van der Waals surface area (Å²) in [5.41, 5.74) is 5.85. The van der Waals surface area contributed by atoms with Crippen molar-refractivity contribution >= 4 is 28.8 Å². The summed E-state index contributed by atoms with van der Waals surface area (Å²) in [4.78, 5) is 24.6. The fourth-order valence-electron chi connectivity index (χ4n) is 3.19. The molecule has 0 bridgehead atoms. The molecule has 0 radical (unpaired) electrons. The van der Waals surface area contributed by atoms with E-state index in [9.17, 15) is 9.59 Å². The molecule has 0 spiro atoms. The van der Waals surface area contributed by atoms with Crippen LogP contribution in [-0.2, 0) is 11.3 Å². The van der Waals surface area contributed by atoms with Gasteiger partial charge in [0.05, 0.1) is 18.3 Å². The van der Waals surface area contributed by atoms with Crippen LogP contribution in [0.25, 0.3) is 17.2 Å². The quantitative estimate of drug-likeness (QED) is 0.359. The van der Waals surface area contributed by atoms with Gasteiger partial charge >= 0.3 is 5.76 Å². The van der Waals surface area contributed by atoms with E-state index in [2.05, 4.69) is 10.5 Å². The number of allylic oxidation sites excluding steroid dienone is 1. The number of hydrazone groups is 1. The Morgan fingerprint density at radius 3 is 2.66 bits per heavy atom. The number of aromatic nitrogens is 1. The van der Waals surface area contributed by atoms with E-state index >= 15 is 0 Å². The number of fused-ring (bicyclic) bond motifs is 1. The lowest BCUT2D eigenvalue weighted by Crippen LogP contribution is -2.28. The number of nitrogens with zero attached hydrogens (tertiary/aromatic N) is 2. The van der Waals surface area contributed by atoms with Crippen molar-refractivity contribution in [2.24, 2.45) is 5.10 Å². The lowest BCUT2D eigenvalue weighted by atomic mass is 10.1. The van der Waals surface area contributed by atoms with Crippen LogP contribution in [-0.4, -0.2) is 23.3 Å². The van der Waals surface area contributed by atoms with Gasteiger partial charge in [-0.05, 0) is 35.9 Å². The molecule has 32 heavy (non-hydrogen) atoms. The zero-order chi connectivity index (χ0) is 22.3. The molecule has 1 amide bonds. The largest absolute Gasteiger partial charge is 0.497 e. The Morgan fingerprint density at radius 1 is 1.06 bits per heavy atom. The number of carbonyl (C=O) groups excluding carboxylic acids is 1. The van der Waals surface area contributed by atoms with Crippen molar-refractivity contribution < 1.29 is 13.9 Å². The third-order valence-corrected chi connectivity index (χ3v) is 4.77. The number of para-hydroxylation sites is 2. The van der Waals surface area contributed by atoms with Gasteiger partial charge in [-0.1, -0.05) is 60.7 Å². The van der Waals surface area contributed by atoms with Gasteiger partial charge in [0.1, 0.15) is 12.3 Å². The number of carbonyl (C=O) groups is 1. The average molecular weight is 427 g/mol. The molecule has 4 aromatic rings. The predicted molar refractivity (Wildman–Crippen MR) is 124 cm³/mol. The summed E-state index contributed by atoms with van der Waals surface area (Å²) in [6.07, 6.45) is 3.69. The molecule has 1 N–H and O–H groups in total. The van der Waals surface area contributed by atoms with E-state index in [0.717, 1.165) is 16.9 Å². The third kappa shape index (κ3) is 4.84. The van der Waals surface area contributed by atoms with Crippen LogP contribution < -0.4 is 15.9 Å². The zero-order valence-corrected chi connectivity index (χ0v) is 17.4. The molecule has 4 rings (SSSR count). The van der Waals surface area contributed by atoms with Crippen molar-refractivity contribution in [2.75, 3.05) is 7.11 Å². The smallest absolute Gasteiger partial charge is 0.420 e. The van der Waals surface area contributed by atoms with E-state index in [1.165, 1.54) is 4.57 Å². The van der Waals surface area contributed by atoms with Crippen molar-refractivity contribution in [3.8, 4) is 5.75 Å². The molecule has 3 aromatic carbocycles. The summed E-state index contributed by atoms with van der Waals surface area (Å²) >= 11 is 0. The topological polar surface area (TPSA) is 85.8 Å². The second-order valence-corrected chi connectivity index (χ2v) is 6.93. The number of ether oxygens (including phenoxy) is 1. The number of benzene rings is 3. The molecule has 7 nitrogen and oxygen atoms in total. The SMILES string of the molecule is COc1cccc(/C=C/C(=N\NC(=O)Cn2c(=O)oc3ccccc32)c2ccccc2)c1. The van der Waals surface area contributed by atoms with Crippen LogP contribution in [0.15, 0.2) is 99.3 Å². The lowest BCUT2D eigenvalue weighted by molar-refractivity contribution is -0.121. The highest BCUT2D eigenvalue weighted by atomic mass is 16.5. The number of methoxy groups -OCH3 is 1. The van der Waals surface area contributed by atoms with E-state index in [4.69, 9.17) is 9.15 Å². The first-order chi connectivity index (χ1) is 15.6. The minimum atomic E-state index is -0.591. The van der Waals surface area contributed by atoms with Gasteiger partial charge in [-0.3, -0.25) is 9.36 Å². The Kier molecular flexibility index (Phi) is 6.27. The maximum Gasteiger partial charge on any atom is 0.420 e. The predicted octanol–water partition coefficient (Wildman–Crippen LogP) is 3.84. The summed E-state index contributed by atoms with van der Waals surface area (Å²) in [6, 6.07) is 24.0. The summed E-state index contributed by atoms with van der Waals surface area (Å²) in [7, 11) is 1.61. The van der Waals surface area contributed by atoms with E-state index in [0.29, 0.717) is 16.8 Å². The maximum atomic E-state index is 12.5. The molecule has 1 heterocycles. The Hall–Kier alpha value is -4.39. The molecule has 160 valence electrons. The Morgan fingerprint density at radius 2 is 1.84 bits per heavy atom. The Bertz CT molecular complexity index is 1350. The average Bonchev–Trinajstić information content (AvgIpc) is 3.14. The summed E-state index contributed by atoms with van der Waals surface area (Å²) in [5.74, 6) is -0.287. The van der Waals surface area contributed by atoms with Gasteiger partial charge in [0.25, 0.3) is 5.91 Å². The highest BCUT2D eigenvalue weighted by molar-refractivity contribution is 6.11. The van der Waals surface area contributed by atoms with Crippen LogP contribution in [0.4, 0.5) is 0 Å². The van der Waals surface area contributed by atoms with Crippen LogP contribution in [0.2, 0.25) is 0 Å². The van der Waals surface area contributed by atoms with Crippen LogP contribution >= 0.6 is 0 Å². The second-order valence-electron chi connectivity index (χ2n) is 6.93. The van der Waals surface area contributed by atoms with Crippen molar-refractivity contribution in [3.63, 3.8) is 0 Å².